The highest BCUT2D eigenvalue weighted by Gasteiger charge is 2.53. The number of carbonyl (C=O) groups excluding carboxylic acids is 1. The molecule has 0 unspecified atom stereocenters. The summed E-state index contributed by atoms with van der Waals surface area (Å²) in [6.07, 6.45) is 8.19. The number of hydrogen-bond donors (Lipinski definition) is 2. The van der Waals surface area contributed by atoms with Crippen molar-refractivity contribution in [1.82, 2.24) is 24.9 Å². The van der Waals surface area contributed by atoms with Crippen molar-refractivity contribution in [2.24, 2.45) is 12.5 Å². The smallest absolute Gasteiger partial charge is 0.320 e. The fourth-order valence-electron chi connectivity index (χ4n) is 6.44. The Hall–Kier alpha value is -3.91. The van der Waals surface area contributed by atoms with Gasteiger partial charge >= 0.3 is 6.03 Å². The molecular weight excluding hydrogens is 476 g/mol. The van der Waals surface area contributed by atoms with Gasteiger partial charge in [0, 0.05) is 43.4 Å². The first-order valence-electron chi connectivity index (χ1n) is 13.2. The normalized spacial score (nSPS) is 24.3. The van der Waals surface area contributed by atoms with Crippen molar-refractivity contribution >= 4 is 11.8 Å². The molecule has 38 heavy (non-hydrogen) atoms. The molecule has 2 aliphatic rings. The second kappa shape index (κ2) is 9.76. The van der Waals surface area contributed by atoms with Gasteiger partial charge in [-0.15, -0.1) is 0 Å². The van der Waals surface area contributed by atoms with Crippen LogP contribution >= 0.6 is 0 Å². The summed E-state index contributed by atoms with van der Waals surface area (Å²) in [6.45, 7) is 1.99. The van der Waals surface area contributed by atoms with E-state index in [-0.39, 0.29) is 23.4 Å². The monoisotopic (exact) mass is 510 g/mol. The number of aromatic nitrogens is 4. The standard InChI is InChI=1S/C30H34N6O2/c1-20-27(22-18-31-35(2)19-22)34-36(23-12-8-5-9-13-23)28(20)33-29(37)32-26-17-30(14-24(15-30)38-3)16-25(26)21-10-6-4-7-11-21/h4-13,18-19,24-26H,14-17H2,1-3H3,(H2,32,33,37)/t24?,25-,26+,30?/m0/s1. The van der Waals surface area contributed by atoms with Crippen LogP contribution in [0.1, 0.15) is 42.7 Å². The van der Waals surface area contributed by atoms with E-state index in [0.717, 1.165) is 48.2 Å². The van der Waals surface area contributed by atoms with Crippen LogP contribution in [0.5, 0.6) is 0 Å². The molecule has 0 bridgehead atoms. The van der Waals surface area contributed by atoms with E-state index in [1.807, 2.05) is 56.6 Å². The summed E-state index contributed by atoms with van der Waals surface area (Å²) >= 11 is 0. The Bertz CT molecular complexity index is 1420. The van der Waals surface area contributed by atoms with Crippen molar-refractivity contribution in [2.75, 3.05) is 12.4 Å². The zero-order chi connectivity index (χ0) is 26.3. The molecular formula is C30H34N6O2. The van der Waals surface area contributed by atoms with Crippen molar-refractivity contribution in [3.8, 4) is 16.9 Å². The largest absolute Gasteiger partial charge is 0.381 e. The molecule has 0 radical (unpaired) electrons. The molecule has 2 N–H and O–H groups in total. The van der Waals surface area contributed by atoms with E-state index >= 15 is 0 Å². The second-order valence-electron chi connectivity index (χ2n) is 10.9. The van der Waals surface area contributed by atoms with Gasteiger partial charge in [0.1, 0.15) is 11.5 Å². The lowest BCUT2D eigenvalue weighted by Crippen LogP contribution is -2.43. The molecule has 8 nitrogen and oxygen atoms in total. The van der Waals surface area contributed by atoms with Gasteiger partial charge in [-0.3, -0.25) is 10.00 Å². The molecule has 2 amide bonds. The van der Waals surface area contributed by atoms with Gasteiger partial charge in [0.2, 0.25) is 0 Å². The lowest BCUT2D eigenvalue weighted by Gasteiger charge is -2.44. The number of aryl methyl sites for hydroxylation is 1. The van der Waals surface area contributed by atoms with E-state index < -0.39 is 0 Å². The number of hydrogen-bond acceptors (Lipinski definition) is 4. The zero-order valence-corrected chi connectivity index (χ0v) is 22.1. The maximum Gasteiger partial charge on any atom is 0.320 e. The van der Waals surface area contributed by atoms with Gasteiger partial charge < -0.3 is 10.1 Å². The lowest BCUT2D eigenvalue weighted by molar-refractivity contribution is -0.0570. The van der Waals surface area contributed by atoms with Crippen molar-refractivity contribution < 1.29 is 9.53 Å². The topological polar surface area (TPSA) is 86.0 Å². The number of urea groups is 1. The SMILES string of the molecule is COC1CC2(C1)C[C@@H](NC(=O)Nc1c(C)c(-c3cnn(C)c3)nn1-c1ccccc1)[C@H](c1ccccc1)C2. The summed E-state index contributed by atoms with van der Waals surface area (Å²) in [5, 5.41) is 15.7. The number of methoxy groups -OCH3 is 1. The molecule has 2 aromatic heterocycles. The van der Waals surface area contributed by atoms with Crippen LogP contribution in [0.25, 0.3) is 16.9 Å². The van der Waals surface area contributed by atoms with Gasteiger partial charge in [0.05, 0.1) is 18.0 Å². The van der Waals surface area contributed by atoms with Crippen LogP contribution in [0.4, 0.5) is 10.6 Å². The molecule has 8 heteroatoms. The molecule has 0 saturated heterocycles. The van der Waals surface area contributed by atoms with Gasteiger partial charge in [-0.1, -0.05) is 48.5 Å². The molecule has 2 aliphatic carbocycles. The zero-order valence-electron chi connectivity index (χ0n) is 22.1. The molecule has 4 aromatic rings. The third-order valence-corrected chi connectivity index (χ3v) is 8.32. The van der Waals surface area contributed by atoms with Crippen LogP contribution < -0.4 is 10.6 Å². The first kappa shape index (κ1) is 24.4. The van der Waals surface area contributed by atoms with Crippen LogP contribution in [-0.4, -0.2) is 44.8 Å². The fraction of sp³-hybridized carbons (Fsp3) is 0.367. The third-order valence-electron chi connectivity index (χ3n) is 8.32. The van der Waals surface area contributed by atoms with Gasteiger partial charge in [-0.05, 0) is 55.7 Å². The highest BCUT2D eigenvalue weighted by Crippen LogP contribution is 2.58. The highest BCUT2D eigenvalue weighted by atomic mass is 16.5. The first-order valence-corrected chi connectivity index (χ1v) is 13.2. The maximum absolute atomic E-state index is 13.6. The third kappa shape index (κ3) is 4.49. The van der Waals surface area contributed by atoms with E-state index in [1.165, 1.54) is 5.56 Å². The number of carbonyl (C=O) groups is 1. The Morgan fingerprint density at radius 2 is 1.74 bits per heavy atom. The van der Waals surface area contributed by atoms with E-state index in [0.29, 0.717) is 11.9 Å². The predicted octanol–water partition coefficient (Wildman–Crippen LogP) is 5.44. The number of nitrogens with one attached hydrogen (secondary N) is 2. The molecule has 2 fully saturated rings. The number of anilines is 1. The Balaban J connectivity index is 1.28. The molecule has 1 spiro atoms. The highest BCUT2D eigenvalue weighted by molar-refractivity contribution is 5.91. The van der Waals surface area contributed by atoms with Crippen molar-refractivity contribution in [2.45, 2.75) is 50.7 Å². The minimum absolute atomic E-state index is 0.0430. The van der Waals surface area contributed by atoms with Crippen molar-refractivity contribution in [3.05, 3.63) is 84.2 Å². The van der Waals surface area contributed by atoms with Gasteiger partial charge in [-0.2, -0.15) is 10.2 Å². The maximum atomic E-state index is 13.6. The summed E-state index contributed by atoms with van der Waals surface area (Å²) in [4.78, 5) is 13.6. The second-order valence-corrected chi connectivity index (χ2v) is 10.9. The number of ether oxygens (including phenoxy) is 1. The molecule has 0 aliphatic heterocycles. The van der Waals surface area contributed by atoms with E-state index in [2.05, 4.69) is 40.0 Å². The van der Waals surface area contributed by atoms with Crippen LogP contribution in [-0.2, 0) is 11.8 Å². The lowest BCUT2D eigenvalue weighted by atomic mass is 9.65. The van der Waals surface area contributed by atoms with Gasteiger partial charge in [0.15, 0.2) is 0 Å². The number of para-hydroxylation sites is 1. The minimum Gasteiger partial charge on any atom is -0.381 e. The van der Waals surface area contributed by atoms with Crippen molar-refractivity contribution in [1.29, 1.82) is 0 Å². The minimum atomic E-state index is -0.214. The summed E-state index contributed by atoms with van der Waals surface area (Å²) in [5.74, 6) is 0.922. The number of benzene rings is 2. The molecule has 6 rings (SSSR count). The average Bonchev–Trinajstić information content (AvgIpc) is 3.60. The van der Waals surface area contributed by atoms with Crippen LogP contribution in [0.3, 0.4) is 0 Å². The van der Waals surface area contributed by atoms with Crippen LogP contribution in [0, 0.1) is 12.3 Å². The number of amides is 2. The molecule has 2 saturated carbocycles. The van der Waals surface area contributed by atoms with Gasteiger partial charge in [-0.25, -0.2) is 9.48 Å². The molecule has 196 valence electrons. The van der Waals surface area contributed by atoms with E-state index in [4.69, 9.17) is 9.84 Å². The number of rotatable bonds is 6. The van der Waals surface area contributed by atoms with Crippen LogP contribution in [0.15, 0.2) is 73.1 Å². The Morgan fingerprint density at radius 3 is 2.39 bits per heavy atom. The average molecular weight is 511 g/mol. The molecule has 2 aromatic carbocycles. The molecule has 2 heterocycles. The summed E-state index contributed by atoms with van der Waals surface area (Å²) in [5.41, 5.74) is 4.97. The summed E-state index contributed by atoms with van der Waals surface area (Å²) < 4.78 is 9.16. The Kier molecular flexibility index (Phi) is 6.27. The first-order chi connectivity index (χ1) is 18.4. The quantitative estimate of drug-likeness (QED) is 0.362. The van der Waals surface area contributed by atoms with E-state index in [1.54, 1.807) is 22.7 Å². The van der Waals surface area contributed by atoms with E-state index in [9.17, 15) is 4.79 Å². The van der Waals surface area contributed by atoms with Crippen LogP contribution in [0.2, 0.25) is 0 Å². The Labute approximate surface area is 223 Å². The summed E-state index contributed by atoms with van der Waals surface area (Å²) in [7, 11) is 3.68. The molecule has 2 atom stereocenters. The van der Waals surface area contributed by atoms with Gasteiger partial charge in [0.25, 0.3) is 0 Å². The fourth-order valence-corrected chi connectivity index (χ4v) is 6.44. The Morgan fingerprint density at radius 1 is 1.03 bits per heavy atom. The number of nitrogens with zero attached hydrogens (tertiary/aromatic N) is 4. The van der Waals surface area contributed by atoms with Crippen molar-refractivity contribution in [3.63, 3.8) is 0 Å². The summed E-state index contributed by atoms with van der Waals surface area (Å²) in [6, 6.07) is 20.3. The predicted molar refractivity (Wildman–Crippen MR) is 147 cm³/mol.